The first-order chi connectivity index (χ1) is 8.28. The van der Waals surface area contributed by atoms with Crippen molar-refractivity contribution in [1.29, 1.82) is 0 Å². The number of benzene rings is 1. The molecule has 0 amide bonds. The highest BCUT2D eigenvalue weighted by molar-refractivity contribution is 7.95. The van der Waals surface area contributed by atoms with Crippen molar-refractivity contribution in [2.75, 3.05) is 6.61 Å². The molecule has 1 N–H and O–H groups in total. The summed E-state index contributed by atoms with van der Waals surface area (Å²) in [6.07, 6.45) is -3.73. The van der Waals surface area contributed by atoms with Crippen LogP contribution in [0, 0.1) is 0 Å². The summed E-state index contributed by atoms with van der Waals surface area (Å²) in [6.45, 7) is -0.430. The monoisotopic (exact) mass is 278 g/mol. The molecule has 0 saturated carbocycles. The van der Waals surface area contributed by atoms with Crippen molar-refractivity contribution in [3.05, 3.63) is 34.2 Å². The molecule has 0 aromatic heterocycles. The molecule has 98 valence electrons. The predicted molar refractivity (Wildman–Crippen MR) is 58.3 cm³/mol. The Morgan fingerprint density at radius 3 is 2.44 bits per heavy atom. The maximum absolute atomic E-state index is 12.8. The topological polar surface area (TPSA) is 54.4 Å². The van der Waals surface area contributed by atoms with Crippen LogP contribution in [-0.2, 0) is 16.0 Å². The van der Waals surface area contributed by atoms with Crippen LogP contribution >= 0.6 is 0 Å². The maximum Gasteiger partial charge on any atom is 0.417 e. The molecule has 1 aromatic carbocycles. The first kappa shape index (κ1) is 13.1. The van der Waals surface area contributed by atoms with Gasteiger partial charge in [0, 0.05) is 13.0 Å². The molecule has 1 aromatic rings. The van der Waals surface area contributed by atoms with Crippen molar-refractivity contribution in [3.8, 4) is 0 Å². The first-order valence-corrected chi connectivity index (χ1v) is 6.53. The summed E-state index contributed by atoms with van der Waals surface area (Å²) in [5.41, 5.74) is -1.14. The minimum atomic E-state index is -4.72. The van der Waals surface area contributed by atoms with E-state index in [2.05, 4.69) is 0 Å². The fourth-order valence-electron chi connectivity index (χ4n) is 1.89. The number of sulfone groups is 1. The van der Waals surface area contributed by atoms with Gasteiger partial charge in [-0.2, -0.15) is 13.2 Å². The lowest BCUT2D eigenvalue weighted by Crippen LogP contribution is -2.13. The van der Waals surface area contributed by atoms with Gasteiger partial charge in [-0.25, -0.2) is 8.42 Å². The Bertz CT molecular complexity index is 615. The number of halogens is 3. The molecule has 18 heavy (non-hydrogen) atoms. The lowest BCUT2D eigenvalue weighted by atomic mass is 10.1. The summed E-state index contributed by atoms with van der Waals surface area (Å²) in [5.74, 6) is 0. The van der Waals surface area contributed by atoms with Crippen molar-refractivity contribution in [1.82, 2.24) is 0 Å². The van der Waals surface area contributed by atoms with Gasteiger partial charge < -0.3 is 5.11 Å². The minimum absolute atomic E-state index is 0.0216. The van der Waals surface area contributed by atoms with Crippen LogP contribution in [0.5, 0.6) is 0 Å². The van der Waals surface area contributed by atoms with E-state index < -0.39 is 33.1 Å². The first-order valence-electron chi connectivity index (χ1n) is 5.05. The molecule has 1 aliphatic heterocycles. The summed E-state index contributed by atoms with van der Waals surface area (Å²) in [6, 6.07) is 3.22. The van der Waals surface area contributed by atoms with Gasteiger partial charge in [0.2, 0.25) is 9.84 Å². The van der Waals surface area contributed by atoms with Crippen LogP contribution in [0.3, 0.4) is 0 Å². The zero-order chi connectivity index (χ0) is 13.6. The lowest BCUT2D eigenvalue weighted by Gasteiger charge is -2.12. The molecule has 1 heterocycles. The van der Waals surface area contributed by atoms with Gasteiger partial charge in [-0.15, -0.1) is 0 Å². The van der Waals surface area contributed by atoms with E-state index in [0.29, 0.717) is 0 Å². The summed E-state index contributed by atoms with van der Waals surface area (Å²) in [4.78, 5) is -0.891. The molecule has 0 bridgehead atoms. The molecule has 0 unspecified atom stereocenters. The fourth-order valence-corrected chi connectivity index (χ4v) is 3.71. The Hall–Kier alpha value is -1.34. The normalized spacial score (nSPS) is 17.4. The van der Waals surface area contributed by atoms with Crippen LogP contribution in [0.15, 0.2) is 28.0 Å². The highest BCUT2D eigenvalue weighted by Crippen LogP contribution is 2.42. The molecule has 2 rings (SSSR count). The Morgan fingerprint density at radius 1 is 1.22 bits per heavy atom. The maximum atomic E-state index is 12.8. The third kappa shape index (κ3) is 1.93. The largest absolute Gasteiger partial charge is 0.417 e. The number of rotatable bonds is 2. The highest BCUT2D eigenvalue weighted by atomic mass is 32.2. The van der Waals surface area contributed by atoms with Crippen molar-refractivity contribution in [3.63, 3.8) is 0 Å². The van der Waals surface area contributed by atoms with Crippen LogP contribution in [0.1, 0.15) is 17.5 Å². The second-order valence-electron chi connectivity index (χ2n) is 3.81. The van der Waals surface area contributed by atoms with Gasteiger partial charge in [-0.1, -0.05) is 12.1 Å². The van der Waals surface area contributed by atoms with E-state index in [1.54, 1.807) is 0 Å². The van der Waals surface area contributed by atoms with E-state index >= 15 is 0 Å². The lowest BCUT2D eigenvalue weighted by molar-refractivity contribution is -0.139. The molecular weight excluding hydrogens is 269 g/mol. The van der Waals surface area contributed by atoms with Crippen molar-refractivity contribution in [2.24, 2.45) is 0 Å². The smallest absolute Gasteiger partial charge is 0.396 e. The molecule has 0 radical (unpaired) electrons. The fraction of sp³-hybridized carbons (Fsp3) is 0.273. The van der Waals surface area contributed by atoms with Crippen LogP contribution in [-0.4, -0.2) is 20.1 Å². The zero-order valence-corrected chi connectivity index (χ0v) is 9.85. The molecule has 7 heteroatoms. The van der Waals surface area contributed by atoms with Gasteiger partial charge in [-0.05, 0) is 17.7 Å². The summed E-state index contributed by atoms with van der Waals surface area (Å²) >= 11 is 0. The van der Waals surface area contributed by atoms with E-state index in [4.69, 9.17) is 5.11 Å². The second-order valence-corrected chi connectivity index (χ2v) is 5.75. The van der Waals surface area contributed by atoms with Gasteiger partial charge >= 0.3 is 6.18 Å². The molecular formula is C11H9F3O3S. The summed E-state index contributed by atoms with van der Waals surface area (Å²) < 4.78 is 62.2. The molecule has 0 fully saturated rings. The third-order valence-electron chi connectivity index (χ3n) is 2.64. The van der Waals surface area contributed by atoms with Crippen LogP contribution in [0.4, 0.5) is 13.2 Å². The molecule has 0 atom stereocenters. The number of hydrogen-bond donors (Lipinski definition) is 1. The van der Waals surface area contributed by atoms with Crippen LogP contribution in [0.2, 0.25) is 0 Å². The quantitative estimate of drug-likeness (QED) is 0.902. The van der Waals surface area contributed by atoms with Crippen molar-refractivity contribution < 1.29 is 26.7 Å². The van der Waals surface area contributed by atoms with Crippen molar-refractivity contribution >= 4 is 15.9 Å². The Labute approximate surface area is 101 Å². The molecule has 0 saturated heterocycles. The molecule has 1 aliphatic rings. The Kier molecular flexibility index (Phi) is 2.98. The van der Waals surface area contributed by atoms with Gasteiger partial charge in [0.05, 0.1) is 15.4 Å². The van der Waals surface area contributed by atoms with E-state index in [-0.39, 0.29) is 16.9 Å². The standard InChI is InChI=1S/C11H9F3O3S/c12-11(13,14)9-3-1-2-7-6-8(4-5-15)18(16,17)10(7)9/h1-3,6,15H,4-5H2. The SMILES string of the molecule is O=S1(=O)C(CCO)=Cc2cccc(C(F)(F)F)c21. The van der Waals surface area contributed by atoms with E-state index in [1.807, 2.05) is 0 Å². The van der Waals surface area contributed by atoms with Gasteiger partial charge in [0.1, 0.15) is 0 Å². The van der Waals surface area contributed by atoms with Gasteiger partial charge in [-0.3, -0.25) is 0 Å². The number of alkyl halides is 3. The zero-order valence-electron chi connectivity index (χ0n) is 9.03. The second kappa shape index (κ2) is 4.10. The Balaban J connectivity index is 2.67. The summed E-state index contributed by atoms with van der Waals surface area (Å²) in [7, 11) is -4.14. The van der Waals surface area contributed by atoms with Crippen LogP contribution < -0.4 is 0 Å². The molecule has 0 aliphatic carbocycles. The van der Waals surface area contributed by atoms with Gasteiger partial charge in [0.25, 0.3) is 0 Å². The number of aliphatic hydroxyl groups is 1. The molecule has 0 spiro atoms. The highest BCUT2D eigenvalue weighted by Gasteiger charge is 2.41. The van der Waals surface area contributed by atoms with Gasteiger partial charge in [0.15, 0.2) is 0 Å². The van der Waals surface area contributed by atoms with Crippen molar-refractivity contribution in [2.45, 2.75) is 17.5 Å². The average molecular weight is 278 g/mol. The molecule has 3 nitrogen and oxygen atoms in total. The Morgan fingerprint density at radius 2 is 1.89 bits per heavy atom. The average Bonchev–Trinajstić information content (AvgIpc) is 2.50. The number of hydrogen-bond acceptors (Lipinski definition) is 3. The summed E-state index contributed by atoms with van der Waals surface area (Å²) in [5, 5.41) is 8.74. The van der Waals surface area contributed by atoms with Crippen LogP contribution in [0.25, 0.3) is 6.08 Å². The van der Waals surface area contributed by atoms with E-state index in [9.17, 15) is 21.6 Å². The predicted octanol–water partition coefficient (Wildman–Crippen LogP) is 2.22. The third-order valence-corrected chi connectivity index (χ3v) is 4.64. The minimum Gasteiger partial charge on any atom is -0.396 e. The number of fused-ring (bicyclic) bond motifs is 1. The van der Waals surface area contributed by atoms with E-state index in [0.717, 1.165) is 12.1 Å². The number of aliphatic hydroxyl groups excluding tert-OH is 1. The van der Waals surface area contributed by atoms with E-state index in [1.165, 1.54) is 12.1 Å².